The zero-order valence-corrected chi connectivity index (χ0v) is 20.4. The van der Waals surface area contributed by atoms with Gasteiger partial charge in [-0.2, -0.15) is 0 Å². The van der Waals surface area contributed by atoms with Crippen LogP contribution in [0, 0.1) is 13.8 Å². The molecule has 170 valence electrons. The minimum absolute atomic E-state index is 0. The van der Waals surface area contributed by atoms with Crippen molar-refractivity contribution in [2.24, 2.45) is 0 Å². The first-order chi connectivity index (χ1) is 14.1. The topological polar surface area (TPSA) is 40.7 Å². The number of para-hydroxylation sites is 2. The van der Waals surface area contributed by atoms with Gasteiger partial charge in [-0.1, -0.05) is 12.1 Å². The molecule has 0 unspecified atom stereocenters. The van der Waals surface area contributed by atoms with Gasteiger partial charge in [0.25, 0.3) is 0 Å². The molecule has 1 fully saturated rings. The minimum atomic E-state index is 0. The molecule has 2 aromatic carbocycles. The van der Waals surface area contributed by atoms with E-state index in [1.54, 1.807) is 14.2 Å². The number of aromatic nitrogens is 1. The molecule has 1 saturated heterocycles. The van der Waals surface area contributed by atoms with Crippen molar-refractivity contribution in [2.75, 3.05) is 51.8 Å². The van der Waals surface area contributed by atoms with E-state index in [2.05, 4.69) is 52.9 Å². The van der Waals surface area contributed by atoms with Crippen LogP contribution in [0.4, 0.5) is 5.69 Å². The van der Waals surface area contributed by atoms with Gasteiger partial charge in [0, 0.05) is 54.9 Å². The first kappa shape index (κ1) is 25.2. The molecule has 31 heavy (non-hydrogen) atoms. The molecular formula is C24H33Cl2N3O2. The zero-order chi connectivity index (χ0) is 20.4. The Morgan fingerprint density at radius 3 is 2.23 bits per heavy atom. The third-order valence-corrected chi connectivity index (χ3v) is 6.19. The van der Waals surface area contributed by atoms with E-state index in [9.17, 15) is 0 Å². The monoisotopic (exact) mass is 465 g/mol. The van der Waals surface area contributed by atoms with Gasteiger partial charge < -0.3 is 19.4 Å². The standard InChI is InChI=1S/C24H31N3O2.2ClH/c1-17-22(28-3)10-9-20-24(17)19(18(2)25-20)11-12-26-13-15-27(16-14-26)21-7-5-6-8-23(21)29-4;;/h5-10,25H,11-16H2,1-4H3;2*1H. The van der Waals surface area contributed by atoms with E-state index in [1.165, 1.54) is 33.4 Å². The second-order valence-corrected chi connectivity index (χ2v) is 7.79. The number of H-pyrrole nitrogens is 1. The molecule has 0 radical (unpaired) electrons. The summed E-state index contributed by atoms with van der Waals surface area (Å²) in [7, 11) is 3.49. The number of fused-ring (bicyclic) bond motifs is 1. The molecule has 0 atom stereocenters. The highest BCUT2D eigenvalue weighted by Crippen LogP contribution is 2.32. The number of rotatable bonds is 6. The van der Waals surface area contributed by atoms with E-state index in [0.29, 0.717) is 0 Å². The lowest BCUT2D eigenvalue weighted by Gasteiger charge is -2.36. The SMILES string of the molecule is COc1ccccc1N1CCN(CCc2c(C)[nH]c3ccc(OC)c(C)c23)CC1.Cl.Cl. The number of hydrogen-bond donors (Lipinski definition) is 1. The Labute approximate surface area is 197 Å². The normalized spacial score (nSPS) is 14.1. The Morgan fingerprint density at radius 1 is 0.871 bits per heavy atom. The maximum atomic E-state index is 5.54. The van der Waals surface area contributed by atoms with Crippen LogP contribution >= 0.6 is 24.8 Å². The van der Waals surface area contributed by atoms with Gasteiger partial charge in [0.1, 0.15) is 11.5 Å². The van der Waals surface area contributed by atoms with Crippen LogP contribution in [0.25, 0.3) is 10.9 Å². The van der Waals surface area contributed by atoms with Crippen molar-refractivity contribution in [1.82, 2.24) is 9.88 Å². The summed E-state index contributed by atoms with van der Waals surface area (Å²) in [6, 6.07) is 12.5. The number of ether oxygens (including phenoxy) is 2. The molecule has 3 aromatic rings. The number of aryl methyl sites for hydroxylation is 2. The quantitative estimate of drug-likeness (QED) is 0.555. The highest BCUT2D eigenvalue weighted by atomic mass is 35.5. The zero-order valence-electron chi connectivity index (χ0n) is 18.7. The molecule has 1 N–H and O–H groups in total. The molecule has 2 heterocycles. The molecule has 0 amide bonds. The maximum Gasteiger partial charge on any atom is 0.142 e. The van der Waals surface area contributed by atoms with E-state index < -0.39 is 0 Å². The molecule has 5 nitrogen and oxygen atoms in total. The molecule has 1 aliphatic rings. The van der Waals surface area contributed by atoms with Crippen molar-refractivity contribution in [1.29, 1.82) is 0 Å². The third-order valence-electron chi connectivity index (χ3n) is 6.19. The first-order valence-electron chi connectivity index (χ1n) is 10.4. The molecule has 0 saturated carbocycles. The molecule has 1 aliphatic heterocycles. The number of nitrogens with one attached hydrogen (secondary N) is 1. The van der Waals surface area contributed by atoms with Crippen LogP contribution in [0.15, 0.2) is 36.4 Å². The lowest BCUT2D eigenvalue weighted by atomic mass is 10.0. The maximum absolute atomic E-state index is 5.54. The van der Waals surface area contributed by atoms with Crippen LogP contribution in [-0.2, 0) is 6.42 Å². The smallest absolute Gasteiger partial charge is 0.142 e. The number of benzene rings is 2. The number of halogens is 2. The van der Waals surface area contributed by atoms with Crippen LogP contribution in [0.3, 0.4) is 0 Å². The number of aromatic amines is 1. The van der Waals surface area contributed by atoms with Gasteiger partial charge in [0.15, 0.2) is 0 Å². The van der Waals surface area contributed by atoms with Crippen molar-refractivity contribution < 1.29 is 9.47 Å². The first-order valence-corrected chi connectivity index (χ1v) is 10.4. The summed E-state index contributed by atoms with van der Waals surface area (Å²) < 4.78 is 11.1. The Balaban J connectivity index is 0.00000171. The van der Waals surface area contributed by atoms with Gasteiger partial charge in [-0.05, 0) is 50.1 Å². The second kappa shape index (κ2) is 11.0. The van der Waals surface area contributed by atoms with E-state index in [4.69, 9.17) is 9.47 Å². The molecule has 1 aromatic heterocycles. The van der Waals surface area contributed by atoms with E-state index in [-0.39, 0.29) is 24.8 Å². The molecule has 0 bridgehead atoms. The number of hydrogen-bond acceptors (Lipinski definition) is 4. The lowest BCUT2D eigenvalue weighted by molar-refractivity contribution is 0.260. The predicted molar refractivity (Wildman–Crippen MR) is 134 cm³/mol. The Morgan fingerprint density at radius 2 is 1.55 bits per heavy atom. The molecule has 0 spiro atoms. The summed E-state index contributed by atoms with van der Waals surface area (Å²) in [5.74, 6) is 1.92. The average molecular weight is 466 g/mol. The highest BCUT2D eigenvalue weighted by Gasteiger charge is 2.20. The van der Waals surface area contributed by atoms with E-state index in [1.807, 2.05) is 12.1 Å². The van der Waals surface area contributed by atoms with Crippen LogP contribution in [0.1, 0.15) is 16.8 Å². The second-order valence-electron chi connectivity index (χ2n) is 7.79. The fourth-order valence-electron chi connectivity index (χ4n) is 4.56. The summed E-state index contributed by atoms with van der Waals surface area (Å²) in [6.45, 7) is 9.61. The van der Waals surface area contributed by atoms with Crippen molar-refractivity contribution in [3.63, 3.8) is 0 Å². The van der Waals surface area contributed by atoms with Gasteiger partial charge in [-0.25, -0.2) is 0 Å². The Hall–Kier alpha value is -2.08. The third kappa shape index (κ3) is 5.05. The fourth-order valence-corrected chi connectivity index (χ4v) is 4.56. The summed E-state index contributed by atoms with van der Waals surface area (Å²) in [5.41, 5.74) is 6.32. The van der Waals surface area contributed by atoms with Crippen molar-refractivity contribution in [3.05, 3.63) is 53.2 Å². The van der Waals surface area contributed by atoms with Gasteiger partial charge in [-0.15, -0.1) is 24.8 Å². The van der Waals surface area contributed by atoms with Crippen LogP contribution in [-0.4, -0.2) is 56.8 Å². The lowest BCUT2D eigenvalue weighted by Crippen LogP contribution is -2.47. The number of methoxy groups -OCH3 is 2. The molecule has 0 aliphatic carbocycles. The summed E-state index contributed by atoms with van der Waals surface area (Å²) >= 11 is 0. The number of anilines is 1. The molecule has 4 rings (SSSR count). The number of piperazine rings is 1. The van der Waals surface area contributed by atoms with Gasteiger partial charge in [0.05, 0.1) is 19.9 Å². The summed E-state index contributed by atoms with van der Waals surface area (Å²) in [5, 5.41) is 1.33. The minimum Gasteiger partial charge on any atom is -0.496 e. The molecular weight excluding hydrogens is 433 g/mol. The van der Waals surface area contributed by atoms with Crippen molar-refractivity contribution in [2.45, 2.75) is 20.3 Å². The average Bonchev–Trinajstić information content (AvgIpc) is 3.08. The van der Waals surface area contributed by atoms with Gasteiger partial charge in [-0.3, -0.25) is 4.90 Å². The predicted octanol–water partition coefficient (Wildman–Crippen LogP) is 5.01. The van der Waals surface area contributed by atoms with Gasteiger partial charge in [0.2, 0.25) is 0 Å². The van der Waals surface area contributed by atoms with Crippen LogP contribution < -0.4 is 14.4 Å². The Kier molecular flexibility index (Phi) is 8.92. The van der Waals surface area contributed by atoms with Crippen LogP contribution in [0.5, 0.6) is 11.5 Å². The van der Waals surface area contributed by atoms with E-state index >= 15 is 0 Å². The fraction of sp³-hybridized carbons (Fsp3) is 0.417. The van der Waals surface area contributed by atoms with Crippen molar-refractivity contribution in [3.8, 4) is 11.5 Å². The van der Waals surface area contributed by atoms with Crippen LogP contribution in [0.2, 0.25) is 0 Å². The summed E-state index contributed by atoms with van der Waals surface area (Å²) in [6.07, 6.45) is 1.05. The van der Waals surface area contributed by atoms with Gasteiger partial charge >= 0.3 is 0 Å². The highest BCUT2D eigenvalue weighted by molar-refractivity contribution is 5.89. The van der Waals surface area contributed by atoms with E-state index in [0.717, 1.165) is 50.6 Å². The summed E-state index contributed by atoms with van der Waals surface area (Å²) in [4.78, 5) is 8.55. The molecule has 7 heteroatoms. The number of nitrogens with zero attached hydrogens (tertiary/aromatic N) is 2. The Bertz CT molecular complexity index is 998. The van der Waals surface area contributed by atoms with Crippen molar-refractivity contribution >= 4 is 41.4 Å². The largest absolute Gasteiger partial charge is 0.496 e.